The highest BCUT2D eigenvalue weighted by atomic mass is 35.5. The number of halogens is 1. The van der Waals surface area contributed by atoms with Crippen LogP contribution in [0.4, 0.5) is 0 Å². The molecule has 2 aliphatic heterocycles. The number of unbranched alkanes of at least 4 members (excludes halogenated alkanes) is 3. The molecule has 2 N–H and O–H groups in total. The van der Waals surface area contributed by atoms with E-state index in [9.17, 15) is 19.2 Å². The van der Waals surface area contributed by atoms with Gasteiger partial charge >= 0.3 is 0 Å². The lowest BCUT2D eigenvalue weighted by Gasteiger charge is -2.29. The van der Waals surface area contributed by atoms with E-state index in [4.69, 9.17) is 21.1 Å². The van der Waals surface area contributed by atoms with Crippen LogP contribution in [0.25, 0.3) is 0 Å². The summed E-state index contributed by atoms with van der Waals surface area (Å²) in [7, 11) is 0. The molecule has 2 aromatic carbocycles. The molecular formula is C28H32ClN3O6. The molecule has 10 heteroatoms. The fourth-order valence-electron chi connectivity index (χ4n) is 4.55. The average molecular weight is 542 g/mol. The molecule has 0 radical (unpaired) electrons. The van der Waals surface area contributed by atoms with Gasteiger partial charge in [-0.2, -0.15) is 0 Å². The zero-order chi connectivity index (χ0) is 27.1. The molecule has 0 spiro atoms. The summed E-state index contributed by atoms with van der Waals surface area (Å²) in [5, 5.41) is 5.67. The number of nitrogens with zero attached hydrogens (tertiary/aromatic N) is 1. The molecule has 0 bridgehead atoms. The molecule has 2 heterocycles. The number of hydrogen-bond acceptors (Lipinski definition) is 6. The molecule has 2 aliphatic rings. The van der Waals surface area contributed by atoms with Crippen molar-refractivity contribution in [2.45, 2.75) is 64.1 Å². The highest BCUT2D eigenvalue weighted by Gasteiger charge is 2.39. The third kappa shape index (κ3) is 6.83. The third-order valence-electron chi connectivity index (χ3n) is 6.64. The van der Waals surface area contributed by atoms with Gasteiger partial charge in [0.05, 0.1) is 11.6 Å². The minimum absolute atomic E-state index is 0.181. The molecule has 2 aromatic rings. The Morgan fingerprint density at radius 1 is 1.13 bits per heavy atom. The van der Waals surface area contributed by atoms with E-state index >= 15 is 0 Å². The first-order valence-corrected chi connectivity index (χ1v) is 13.3. The van der Waals surface area contributed by atoms with Crippen LogP contribution in [0.5, 0.6) is 11.5 Å². The normalized spacial score (nSPS) is 17.6. The van der Waals surface area contributed by atoms with Gasteiger partial charge in [-0.25, -0.2) is 0 Å². The maximum Gasteiger partial charge on any atom is 0.260 e. The summed E-state index contributed by atoms with van der Waals surface area (Å²) in [4.78, 5) is 50.1. The van der Waals surface area contributed by atoms with Crippen LogP contribution in [0.3, 0.4) is 0 Å². The number of amides is 4. The molecule has 0 aliphatic carbocycles. The number of benzene rings is 2. The minimum atomic E-state index is -0.637. The molecule has 4 amide bonds. The summed E-state index contributed by atoms with van der Waals surface area (Å²) in [6, 6.07) is 11.8. The van der Waals surface area contributed by atoms with E-state index in [0.717, 1.165) is 31.2 Å². The van der Waals surface area contributed by atoms with Gasteiger partial charge < -0.3 is 19.7 Å². The summed E-state index contributed by atoms with van der Waals surface area (Å²) < 4.78 is 11.5. The lowest BCUT2D eigenvalue weighted by Crippen LogP contribution is -2.52. The average Bonchev–Trinajstić information content (AvgIpc) is 3.22. The SMILES string of the molecule is CC(Oc1ccccc1Cl)C(=O)NCCCCCCOc1ccc2c(c1)CN(C1CCC(=O)NC1=O)C2=O. The van der Waals surface area contributed by atoms with Crippen LogP contribution in [0, 0.1) is 0 Å². The largest absolute Gasteiger partial charge is 0.494 e. The molecule has 1 saturated heterocycles. The predicted octanol–water partition coefficient (Wildman–Crippen LogP) is 3.62. The number of nitrogens with one attached hydrogen (secondary N) is 2. The summed E-state index contributed by atoms with van der Waals surface area (Å²) in [6.07, 6.45) is 3.54. The molecule has 0 aromatic heterocycles. The van der Waals surface area contributed by atoms with Crippen molar-refractivity contribution in [1.82, 2.24) is 15.5 Å². The van der Waals surface area contributed by atoms with E-state index in [-0.39, 0.29) is 24.1 Å². The first kappa shape index (κ1) is 27.4. The molecule has 202 valence electrons. The van der Waals surface area contributed by atoms with Crippen molar-refractivity contribution in [1.29, 1.82) is 0 Å². The van der Waals surface area contributed by atoms with E-state index in [1.807, 2.05) is 6.07 Å². The fourth-order valence-corrected chi connectivity index (χ4v) is 4.73. The Balaban J connectivity index is 1.11. The van der Waals surface area contributed by atoms with Crippen LogP contribution in [0.2, 0.25) is 5.02 Å². The molecular weight excluding hydrogens is 510 g/mol. The quantitative estimate of drug-likeness (QED) is 0.313. The maximum atomic E-state index is 12.8. The number of fused-ring (bicyclic) bond motifs is 1. The predicted molar refractivity (Wildman–Crippen MR) is 141 cm³/mol. The number of hydrogen-bond donors (Lipinski definition) is 2. The lowest BCUT2D eigenvalue weighted by atomic mass is 10.0. The van der Waals surface area contributed by atoms with Crippen molar-refractivity contribution < 1.29 is 28.7 Å². The Kier molecular flexibility index (Phi) is 9.23. The number of rotatable bonds is 12. The van der Waals surface area contributed by atoms with Crippen molar-refractivity contribution in [3.63, 3.8) is 0 Å². The Morgan fingerprint density at radius 2 is 1.92 bits per heavy atom. The van der Waals surface area contributed by atoms with E-state index < -0.39 is 18.1 Å². The van der Waals surface area contributed by atoms with Crippen molar-refractivity contribution in [2.24, 2.45) is 0 Å². The number of piperidine rings is 1. The standard InChI is InChI=1S/C28H32ClN3O6/c1-18(38-24-9-5-4-8-22(24)29)26(34)30-14-6-2-3-7-15-37-20-10-11-21-19(16-20)17-32(28(21)36)23-12-13-25(33)31-27(23)35/h4-5,8-11,16,18,23H,2-3,6-7,12-15,17H2,1H3,(H,30,34)(H,31,33,35). The number of carbonyl (C=O) groups excluding carboxylic acids is 4. The summed E-state index contributed by atoms with van der Waals surface area (Å²) in [6.45, 7) is 3.12. The molecule has 1 fully saturated rings. The second-order valence-electron chi connectivity index (χ2n) is 9.46. The molecule has 9 nitrogen and oxygen atoms in total. The van der Waals surface area contributed by atoms with Crippen LogP contribution in [0.15, 0.2) is 42.5 Å². The van der Waals surface area contributed by atoms with Crippen LogP contribution in [-0.4, -0.2) is 53.8 Å². The van der Waals surface area contributed by atoms with Gasteiger partial charge in [-0.3, -0.25) is 24.5 Å². The van der Waals surface area contributed by atoms with Crippen LogP contribution >= 0.6 is 11.6 Å². The van der Waals surface area contributed by atoms with Crippen molar-refractivity contribution in [3.8, 4) is 11.5 Å². The molecule has 2 unspecified atom stereocenters. The van der Waals surface area contributed by atoms with E-state index in [2.05, 4.69) is 10.6 Å². The summed E-state index contributed by atoms with van der Waals surface area (Å²) >= 11 is 6.07. The van der Waals surface area contributed by atoms with Gasteiger partial charge in [0.2, 0.25) is 11.8 Å². The van der Waals surface area contributed by atoms with Crippen molar-refractivity contribution in [2.75, 3.05) is 13.2 Å². The first-order chi connectivity index (χ1) is 18.3. The van der Waals surface area contributed by atoms with E-state index in [1.165, 1.54) is 4.90 Å². The molecule has 0 saturated carbocycles. The molecule has 2 atom stereocenters. The minimum Gasteiger partial charge on any atom is -0.494 e. The zero-order valence-electron chi connectivity index (χ0n) is 21.3. The summed E-state index contributed by atoms with van der Waals surface area (Å²) in [5.41, 5.74) is 1.39. The summed E-state index contributed by atoms with van der Waals surface area (Å²) in [5.74, 6) is 0.0698. The Hall–Kier alpha value is -3.59. The Labute approximate surface area is 226 Å². The first-order valence-electron chi connectivity index (χ1n) is 12.9. The fraction of sp³-hybridized carbons (Fsp3) is 0.429. The van der Waals surface area contributed by atoms with Gasteiger partial charge in [0, 0.05) is 25.1 Å². The third-order valence-corrected chi connectivity index (χ3v) is 6.96. The Bertz CT molecular complexity index is 1200. The van der Waals surface area contributed by atoms with Crippen molar-refractivity contribution in [3.05, 3.63) is 58.6 Å². The van der Waals surface area contributed by atoms with Gasteiger partial charge in [-0.15, -0.1) is 0 Å². The van der Waals surface area contributed by atoms with Crippen LogP contribution in [-0.2, 0) is 20.9 Å². The molecule has 38 heavy (non-hydrogen) atoms. The second-order valence-corrected chi connectivity index (χ2v) is 9.87. The van der Waals surface area contributed by atoms with Crippen molar-refractivity contribution >= 4 is 35.2 Å². The number of imide groups is 1. The van der Waals surface area contributed by atoms with Gasteiger partial charge in [-0.1, -0.05) is 36.6 Å². The topological polar surface area (TPSA) is 114 Å². The van der Waals surface area contributed by atoms with Gasteiger partial charge in [0.15, 0.2) is 6.10 Å². The second kappa shape index (κ2) is 12.8. The Morgan fingerprint density at radius 3 is 2.71 bits per heavy atom. The van der Waals surface area contributed by atoms with E-state index in [1.54, 1.807) is 43.3 Å². The smallest absolute Gasteiger partial charge is 0.260 e. The van der Waals surface area contributed by atoms with Gasteiger partial charge in [-0.05, 0) is 62.1 Å². The molecule has 4 rings (SSSR count). The van der Waals surface area contributed by atoms with Crippen LogP contribution < -0.4 is 20.1 Å². The zero-order valence-corrected chi connectivity index (χ0v) is 22.1. The number of carbonyl (C=O) groups is 4. The van der Waals surface area contributed by atoms with E-state index in [0.29, 0.717) is 48.2 Å². The van der Waals surface area contributed by atoms with Gasteiger partial charge in [0.1, 0.15) is 17.5 Å². The van der Waals surface area contributed by atoms with Gasteiger partial charge in [0.25, 0.3) is 11.8 Å². The highest BCUT2D eigenvalue weighted by Crippen LogP contribution is 2.30. The van der Waals surface area contributed by atoms with Crippen LogP contribution in [0.1, 0.15) is 61.4 Å². The number of ether oxygens (including phenoxy) is 2. The lowest BCUT2D eigenvalue weighted by molar-refractivity contribution is -0.137. The maximum absolute atomic E-state index is 12.8. The highest BCUT2D eigenvalue weighted by molar-refractivity contribution is 6.32. The number of para-hydroxylation sites is 1. The monoisotopic (exact) mass is 541 g/mol.